The van der Waals surface area contributed by atoms with Crippen molar-refractivity contribution in [3.63, 3.8) is 0 Å². The summed E-state index contributed by atoms with van der Waals surface area (Å²) in [7, 11) is 0. The van der Waals surface area contributed by atoms with Gasteiger partial charge in [0.15, 0.2) is 0 Å². The number of hydrogen-bond acceptors (Lipinski definition) is 5. The van der Waals surface area contributed by atoms with Crippen LogP contribution in [0.1, 0.15) is 56.2 Å². The summed E-state index contributed by atoms with van der Waals surface area (Å²) in [6, 6.07) is 9.96. The van der Waals surface area contributed by atoms with Gasteiger partial charge in [0, 0.05) is 24.0 Å². The molecule has 1 aromatic carbocycles. The lowest BCUT2D eigenvalue weighted by atomic mass is 9.95. The quantitative estimate of drug-likeness (QED) is 0.441. The summed E-state index contributed by atoms with van der Waals surface area (Å²) in [6.07, 6.45) is 8.01. The van der Waals surface area contributed by atoms with Crippen molar-refractivity contribution in [1.29, 1.82) is 0 Å². The molecule has 1 aliphatic carbocycles. The maximum atomic E-state index is 13.0. The van der Waals surface area contributed by atoms with E-state index >= 15 is 0 Å². The molecule has 1 amide bonds. The Balaban J connectivity index is 1.77. The summed E-state index contributed by atoms with van der Waals surface area (Å²) in [5.74, 6) is -0.621. The smallest absolute Gasteiger partial charge is 0.295 e. The minimum absolute atomic E-state index is 0.00901. The molecule has 1 unspecified atom stereocenters. The number of ether oxygens (including phenoxy) is 1. The van der Waals surface area contributed by atoms with Crippen LogP contribution in [0.3, 0.4) is 0 Å². The van der Waals surface area contributed by atoms with Crippen molar-refractivity contribution in [3.05, 3.63) is 65.5 Å². The van der Waals surface area contributed by atoms with Gasteiger partial charge < -0.3 is 14.7 Å². The lowest BCUT2D eigenvalue weighted by Crippen LogP contribution is -2.37. The molecule has 6 nitrogen and oxygen atoms in total. The van der Waals surface area contributed by atoms with Crippen LogP contribution in [0.15, 0.2) is 54.4 Å². The van der Waals surface area contributed by atoms with Gasteiger partial charge in [-0.25, -0.2) is 0 Å². The van der Waals surface area contributed by atoms with Gasteiger partial charge in [0.25, 0.3) is 11.7 Å². The van der Waals surface area contributed by atoms with E-state index in [0.29, 0.717) is 17.9 Å². The first-order valence-corrected chi connectivity index (χ1v) is 10.5. The summed E-state index contributed by atoms with van der Waals surface area (Å²) < 4.78 is 5.59. The van der Waals surface area contributed by atoms with E-state index in [4.69, 9.17) is 4.74 Å². The van der Waals surface area contributed by atoms with Gasteiger partial charge in [0.2, 0.25) is 0 Å². The highest BCUT2D eigenvalue weighted by atomic mass is 16.5. The van der Waals surface area contributed by atoms with Crippen molar-refractivity contribution in [3.8, 4) is 5.75 Å². The summed E-state index contributed by atoms with van der Waals surface area (Å²) >= 11 is 0. The van der Waals surface area contributed by atoms with E-state index in [9.17, 15) is 14.7 Å². The molecule has 2 heterocycles. The average Bonchev–Trinajstić information content (AvgIpc) is 3.40. The molecular formula is C24H26N2O4. The first kappa shape index (κ1) is 20.1. The Morgan fingerprint density at radius 1 is 1.10 bits per heavy atom. The Bertz CT molecular complexity index is 947. The van der Waals surface area contributed by atoms with Crippen molar-refractivity contribution < 1.29 is 19.4 Å². The molecule has 2 fully saturated rings. The van der Waals surface area contributed by atoms with E-state index in [0.717, 1.165) is 37.7 Å². The molecule has 2 aromatic rings. The lowest BCUT2D eigenvalue weighted by Gasteiger charge is -2.30. The number of aliphatic hydroxyl groups is 1. The van der Waals surface area contributed by atoms with E-state index < -0.39 is 17.7 Å². The summed E-state index contributed by atoms with van der Waals surface area (Å²) in [4.78, 5) is 31.8. The molecule has 1 aliphatic heterocycles. The summed E-state index contributed by atoms with van der Waals surface area (Å²) in [5.41, 5.74) is 1.41. The number of likely N-dealkylation sites (tertiary alicyclic amines) is 1. The van der Waals surface area contributed by atoms with Gasteiger partial charge in [0.05, 0.1) is 18.2 Å². The molecule has 4 rings (SSSR count). The molecule has 156 valence electrons. The first-order valence-electron chi connectivity index (χ1n) is 10.5. The third-order valence-corrected chi connectivity index (χ3v) is 5.82. The number of rotatable bonds is 6. The average molecular weight is 406 g/mol. The molecule has 0 spiro atoms. The van der Waals surface area contributed by atoms with Gasteiger partial charge in [0.1, 0.15) is 11.5 Å². The van der Waals surface area contributed by atoms with E-state index in [1.54, 1.807) is 53.7 Å². The van der Waals surface area contributed by atoms with Crippen molar-refractivity contribution in [2.75, 3.05) is 6.61 Å². The number of Topliss-reactive ketones (excluding diaryl/α,β-unsaturated/α-hetero) is 1. The summed E-state index contributed by atoms with van der Waals surface area (Å²) in [6.45, 7) is 2.64. The molecule has 1 atom stereocenters. The van der Waals surface area contributed by atoms with E-state index in [2.05, 4.69) is 4.98 Å². The maximum absolute atomic E-state index is 13.0. The highest BCUT2D eigenvalue weighted by molar-refractivity contribution is 6.46. The van der Waals surface area contributed by atoms with Crippen molar-refractivity contribution in [2.24, 2.45) is 0 Å². The molecule has 1 saturated carbocycles. The third kappa shape index (κ3) is 3.70. The fourth-order valence-electron chi connectivity index (χ4n) is 4.37. The molecule has 1 aromatic heterocycles. The zero-order valence-electron chi connectivity index (χ0n) is 17.1. The summed E-state index contributed by atoms with van der Waals surface area (Å²) in [5, 5.41) is 11.1. The second-order valence-electron chi connectivity index (χ2n) is 7.80. The van der Waals surface area contributed by atoms with Gasteiger partial charge >= 0.3 is 0 Å². The number of pyridine rings is 1. The van der Waals surface area contributed by atoms with E-state index in [-0.39, 0.29) is 17.4 Å². The van der Waals surface area contributed by atoms with Crippen LogP contribution < -0.4 is 4.74 Å². The molecule has 1 N–H and O–H groups in total. The van der Waals surface area contributed by atoms with Crippen LogP contribution in [0, 0.1) is 0 Å². The predicted octanol–water partition coefficient (Wildman–Crippen LogP) is 4.23. The second-order valence-corrected chi connectivity index (χ2v) is 7.80. The highest BCUT2D eigenvalue weighted by Crippen LogP contribution is 2.43. The lowest BCUT2D eigenvalue weighted by molar-refractivity contribution is -0.141. The first-order chi connectivity index (χ1) is 14.6. The number of carbonyl (C=O) groups is 2. The van der Waals surface area contributed by atoms with Crippen molar-refractivity contribution >= 4 is 17.4 Å². The molecule has 30 heavy (non-hydrogen) atoms. The Labute approximate surface area is 176 Å². The largest absolute Gasteiger partial charge is 0.507 e. The Kier molecular flexibility index (Phi) is 5.84. The number of aromatic nitrogens is 1. The van der Waals surface area contributed by atoms with Crippen LogP contribution in [0.4, 0.5) is 0 Å². The fourth-order valence-corrected chi connectivity index (χ4v) is 4.37. The number of amides is 1. The van der Waals surface area contributed by atoms with E-state index in [1.165, 1.54) is 0 Å². The Hall–Kier alpha value is -3.15. The van der Waals surface area contributed by atoms with E-state index in [1.807, 2.05) is 6.92 Å². The van der Waals surface area contributed by atoms with Crippen LogP contribution in [0.25, 0.3) is 5.76 Å². The van der Waals surface area contributed by atoms with Gasteiger partial charge in [-0.15, -0.1) is 0 Å². The number of hydrogen-bond donors (Lipinski definition) is 1. The SMILES string of the molecule is CCCOc1ccc(/C(O)=C2/C(=O)C(=O)N(C3CCCC3)C2c2ccncc2)cc1. The van der Waals surface area contributed by atoms with Crippen LogP contribution in [0.2, 0.25) is 0 Å². The monoisotopic (exact) mass is 406 g/mol. The van der Waals surface area contributed by atoms with Crippen LogP contribution in [-0.4, -0.2) is 39.3 Å². The van der Waals surface area contributed by atoms with Gasteiger partial charge in [-0.2, -0.15) is 0 Å². The van der Waals surface area contributed by atoms with Gasteiger partial charge in [-0.3, -0.25) is 14.6 Å². The number of carbonyl (C=O) groups excluding carboxylic acids is 2. The topological polar surface area (TPSA) is 79.7 Å². The minimum atomic E-state index is -0.632. The number of aliphatic hydroxyl groups excluding tert-OH is 1. The number of benzene rings is 1. The van der Waals surface area contributed by atoms with Gasteiger partial charge in [-0.1, -0.05) is 19.8 Å². The highest BCUT2D eigenvalue weighted by Gasteiger charge is 2.49. The Morgan fingerprint density at radius 2 is 1.77 bits per heavy atom. The second kappa shape index (κ2) is 8.69. The molecule has 1 saturated heterocycles. The number of ketones is 1. The number of nitrogens with zero attached hydrogens (tertiary/aromatic N) is 2. The molecule has 0 radical (unpaired) electrons. The fraction of sp³-hybridized carbons (Fsp3) is 0.375. The zero-order valence-corrected chi connectivity index (χ0v) is 17.1. The van der Waals surface area contributed by atoms with Gasteiger partial charge in [-0.05, 0) is 61.2 Å². The van der Waals surface area contributed by atoms with Crippen molar-refractivity contribution in [2.45, 2.75) is 51.1 Å². The molecule has 0 bridgehead atoms. The predicted molar refractivity (Wildman–Crippen MR) is 113 cm³/mol. The van der Waals surface area contributed by atoms with Crippen molar-refractivity contribution in [1.82, 2.24) is 9.88 Å². The molecule has 6 heteroatoms. The zero-order chi connectivity index (χ0) is 21.1. The van der Waals surface area contributed by atoms with Crippen LogP contribution >= 0.6 is 0 Å². The molecular weight excluding hydrogens is 380 g/mol. The molecule has 2 aliphatic rings. The van der Waals surface area contributed by atoms with Crippen LogP contribution in [-0.2, 0) is 9.59 Å². The standard InChI is InChI=1S/C24H26N2O4/c1-2-15-30-19-9-7-17(8-10-19)22(27)20-21(16-11-13-25-14-12-16)26(24(29)23(20)28)18-5-3-4-6-18/h7-14,18,21,27H,2-6,15H2,1H3/b22-20-. The minimum Gasteiger partial charge on any atom is -0.507 e. The Morgan fingerprint density at radius 3 is 2.40 bits per heavy atom. The third-order valence-electron chi connectivity index (χ3n) is 5.82. The normalized spacial score (nSPS) is 21.4. The van der Waals surface area contributed by atoms with Crippen LogP contribution in [0.5, 0.6) is 5.75 Å². The maximum Gasteiger partial charge on any atom is 0.295 e.